The van der Waals surface area contributed by atoms with Crippen LogP contribution in [-0.4, -0.2) is 32.3 Å². The number of hydrogen-bond donors (Lipinski definition) is 2. The molecule has 1 saturated heterocycles. The zero-order chi connectivity index (χ0) is 21.5. The van der Waals surface area contributed by atoms with Crippen molar-refractivity contribution in [1.82, 2.24) is 20.6 Å². The Morgan fingerprint density at radius 2 is 2.00 bits per heavy atom. The van der Waals surface area contributed by atoms with E-state index in [0.717, 1.165) is 24.0 Å². The lowest BCUT2D eigenvalue weighted by Crippen LogP contribution is -2.30. The van der Waals surface area contributed by atoms with Gasteiger partial charge in [0, 0.05) is 23.5 Å². The van der Waals surface area contributed by atoms with Crippen LogP contribution in [0.3, 0.4) is 0 Å². The van der Waals surface area contributed by atoms with Gasteiger partial charge in [-0.05, 0) is 31.0 Å². The maximum absolute atomic E-state index is 10.4. The van der Waals surface area contributed by atoms with Gasteiger partial charge in [-0.2, -0.15) is 10.5 Å². The molecule has 0 radical (unpaired) electrons. The van der Waals surface area contributed by atoms with Crippen LogP contribution in [0.25, 0.3) is 0 Å². The van der Waals surface area contributed by atoms with Crippen molar-refractivity contribution in [3.8, 4) is 11.8 Å². The van der Waals surface area contributed by atoms with Crippen molar-refractivity contribution in [2.75, 3.05) is 6.61 Å². The van der Waals surface area contributed by atoms with E-state index in [2.05, 4.69) is 38.8 Å². The van der Waals surface area contributed by atoms with Gasteiger partial charge in [-0.3, -0.25) is 0 Å². The smallest absolute Gasteiger partial charge is 0.184 e. The summed E-state index contributed by atoms with van der Waals surface area (Å²) >= 11 is 0. The van der Waals surface area contributed by atoms with Gasteiger partial charge < -0.3 is 14.6 Å². The molecule has 1 aromatic heterocycles. The van der Waals surface area contributed by atoms with Crippen molar-refractivity contribution in [3.63, 3.8) is 0 Å². The number of nitriles is 1. The molecule has 4 rings (SSSR count). The normalized spacial score (nSPS) is 21.2. The highest BCUT2D eigenvalue weighted by Gasteiger charge is 2.34. The molecular formula is C23H23N5O3. The summed E-state index contributed by atoms with van der Waals surface area (Å²) in [7, 11) is 0. The Hall–Kier alpha value is -3.54. The molecule has 3 unspecified atom stereocenters. The molecule has 2 heterocycles. The summed E-state index contributed by atoms with van der Waals surface area (Å²) in [4.78, 5) is 0. The van der Waals surface area contributed by atoms with Crippen LogP contribution in [0.2, 0.25) is 0 Å². The first-order chi connectivity index (χ1) is 15.2. The van der Waals surface area contributed by atoms with E-state index in [0.29, 0.717) is 24.4 Å². The van der Waals surface area contributed by atoms with E-state index in [4.69, 9.17) is 14.7 Å². The molecule has 2 aromatic carbocycles. The van der Waals surface area contributed by atoms with Crippen molar-refractivity contribution in [2.24, 2.45) is 5.92 Å². The van der Waals surface area contributed by atoms with E-state index in [1.165, 1.54) is 0 Å². The van der Waals surface area contributed by atoms with Crippen molar-refractivity contribution in [2.45, 2.75) is 31.7 Å². The minimum absolute atomic E-state index is 0.0457. The van der Waals surface area contributed by atoms with Crippen LogP contribution in [0.4, 0.5) is 0 Å². The van der Waals surface area contributed by atoms with Gasteiger partial charge in [0.2, 0.25) is 0 Å². The number of para-hydroxylation sites is 1. The lowest BCUT2D eigenvalue weighted by atomic mass is 9.91. The second-order valence-electron chi connectivity index (χ2n) is 7.35. The summed E-state index contributed by atoms with van der Waals surface area (Å²) in [5.41, 5.74) is 2.17. The van der Waals surface area contributed by atoms with E-state index in [-0.39, 0.29) is 17.8 Å². The average Bonchev–Trinajstić information content (AvgIpc) is 3.33. The predicted molar refractivity (Wildman–Crippen MR) is 112 cm³/mol. The molecule has 3 aromatic rings. The number of aromatic amines is 1. The highest BCUT2D eigenvalue weighted by Crippen LogP contribution is 2.42. The lowest BCUT2D eigenvalue weighted by molar-refractivity contribution is -0.244. The molecule has 2 N–H and O–H groups in total. The first-order valence-electron chi connectivity index (χ1n) is 10.2. The molecule has 0 saturated carbocycles. The zero-order valence-corrected chi connectivity index (χ0v) is 16.9. The topological polar surface area (TPSA) is 117 Å². The molecule has 8 heteroatoms. The van der Waals surface area contributed by atoms with Crippen LogP contribution < -0.4 is 0 Å². The van der Waals surface area contributed by atoms with Crippen molar-refractivity contribution < 1.29 is 14.6 Å². The second kappa shape index (κ2) is 9.98. The van der Waals surface area contributed by atoms with Gasteiger partial charge in [0.15, 0.2) is 12.1 Å². The monoisotopic (exact) mass is 417 g/mol. The molecule has 31 heavy (non-hydrogen) atoms. The van der Waals surface area contributed by atoms with Crippen LogP contribution in [0.1, 0.15) is 47.8 Å². The minimum Gasteiger partial charge on any atom is -0.508 e. The fraction of sp³-hybridized carbons (Fsp3) is 0.304. The third-order valence-corrected chi connectivity index (χ3v) is 5.24. The van der Waals surface area contributed by atoms with E-state index in [1.54, 1.807) is 24.3 Å². The molecule has 1 fully saturated rings. The first kappa shape index (κ1) is 20.7. The predicted octanol–water partition coefficient (Wildman–Crippen LogP) is 3.76. The first-order valence-corrected chi connectivity index (χ1v) is 10.2. The summed E-state index contributed by atoms with van der Waals surface area (Å²) in [6.07, 6.45) is 5.58. The highest BCUT2D eigenvalue weighted by atomic mass is 16.7. The van der Waals surface area contributed by atoms with Gasteiger partial charge >= 0.3 is 0 Å². The molecule has 158 valence electrons. The number of ether oxygens (including phenoxy) is 2. The molecule has 0 spiro atoms. The van der Waals surface area contributed by atoms with Crippen LogP contribution >= 0.6 is 0 Å². The average molecular weight is 417 g/mol. The SMILES string of the molecule is N#Cc1ccc(C2OCC(C/C=C\CCc3nn[nH]n3)C(c3ccccc3O)O2)cc1. The third kappa shape index (κ3) is 5.15. The molecule has 3 atom stereocenters. The van der Waals surface area contributed by atoms with Crippen molar-refractivity contribution in [3.05, 3.63) is 83.2 Å². The largest absolute Gasteiger partial charge is 0.508 e. The number of allylic oxidation sites excluding steroid dienone is 2. The number of aromatic hydroxyl groups is 1. The number of aromatic nitrogens is 4. The van der Waals surface area contributed by atoms with Crippen LogP contribution in [-0.2, 0) is 15.9 Å². The summed E-state index contributed by atoms with van der Waals surface area (Å²) in [6.45, 7) is 0.485. The lowest BCUT2D eigenvalue weighted by Gasteiger charge is -2.37. The number of tetrazole rings is 1. The standard InChI is InChI=1S/C23H23N5O3/c24-14-16-10-12-17(13-11-16)23-30-15-18(6-2-1-3-9-21-25-27-28-26-21)22(31-23)19-7-4-5-8-20(19)29/h1-2,4-5,7-8,10-13,18,22-23,29H,3,6,9,15H2,(H,25,26,27,28)/b2-1-. The molecular weight excluding hydrogens is 394 g/mol. The maximum Gasteiger partial charge on any atom is 0.184 e. The van der Waals surface area contributed by atoms with E-state index in [1.807, 2.05) is 24.3 Å². The Labute approximate surface area is 180 Å². The van der Waals surface area contributed by atoms with Gasteiger partial charge in [-0.25, -0.2) is 0 Å². The number of phenols is 1. The Morgan fingerprint density at radius 1 is 1.16 bits per heavy atom. The van der Waals surface area contributed by atoms with Crippen molar-refractivity contribution >= 4 is 0 Å². The van der Waals surface area contributed by atoms with E-state index in [9.17, 15) is 5.11 Å². The van der Waals surface area contributed by atoms with Gasteiger partial charge in [0.25, 0.3) is 0 Å². The van der Waals surface area contributed by atoms with Gasteiger partial charge in [0.05, 0.1) is 24.3 Å². The van der Waals surface area contributed by atoms with Crippen molar-refractivity contribution in [1.29, 1.82) is 5.26 Å². The van der Waals surface area contributed by atoms with Gasteiger partial charge in [-0.15, -0.1) is 10.2 Å². The Balaban J connectivity index is 1.45. The number of nitrogens with zero attached hydrogens (tertiary/aromatic N) is 4. The summed E-state index contributed by atoms with van der Waals surface area (Å²) in [6, 6.07) is 16.5. The Bertz CT molecular complexity index is 1040. The fourth-order valence-electron chi connectivity index (χ4n) is 3.61. The molecule has 0 bridgehead atoms. The molecule has 1 aliphatic heterocycles. The number of aryl methyl sites for hydroxylation is 1. The molecule has 0 amide bonds. The number of nitrogens with one attached hydrogen (secondary N) is 1. The minimum atomic E-state index is -0.559. The summed E-state index contributed by atoms with van der Waals surface area (Å²) in [5, 5.41) is 33.3. The summed E-state index contributed by atoms with van der Waals surface area (Å²) < 4.78 is 12.3. The molecule has 1 aliphatic rings. The summed E-state index contributed by atoms with van der Waals surface area (Å²) in [5.74, 6) is 0.940. The Kier molecular flexibility index (Phi) is 6.67. The zero-order valence-electron chi connectivity index (χ0n) is 16.9. The Morgan fingerprint density at radius 3 is 2.74 bits per heavy atom. The van der Waals surface area contributed by atoms with Crippen LogP contribution in [0.5, 0.6) is 5.75 Å². The third-order valence-electron chi connectivity index (χ3n) is 5.24. The number of hydrogen-bond acceptors (Lipinski definition) is 7. The molecule has 8 nitrogen and oxygen atoms in total. The van der Waals surface area contributed by atoms with E-state index < -0.39 is 6.29 Å². The number of rotatable bonds is 7. The number of benzene rings is 2. The maximum atomic E-state index is 10.4. The quantitative estimate of drug-likeness (QED) is 0.562. The number of phenolic OH excluding ortho intramolecular Hbond substituents is 1. The van der Waals surface area contributed by atoms with Crippen LogP contribution in [0.15, 0.2) is 60.7 Å². The number of H-pyrrole nitrogens is 1. The highest BCUT2D eigenvalue weighted by molar-refractivity contribution is 5.35. The van der Waals surface area contributed by atoms with Gasteiger partial charge in [0.1, 0.15) is 5.75 Å². The molecule has 0 aliphatic carbocycles. The van der Waals surface area contributed by atoms with Crippen LogP contribution in [0, 0.1) is 17.2 Å². The fourth-order valence-corrected chi connectivity index (χ4v) is 3.61. The second-order valence-corrected chi connectivity index (χ2v) is 7.35. The van der Waals surface area contributed by atoms with Gasteiger partial charge in [-0.1, -0.05) is 47.7 Å². The van der Waals surface area contributed by atoms with E-state index >= 15 is 0 Å².